The highest BCUT2D eigenvalue weighted by Crippen LogP contribution is 2.12. The Kier molecular flexibility index (Phi) is 9.30. The summed E-state index contributed by atoms with van der Waals surface area (Å²) in [7, 11) is 0. The molecule has 1 aliphatic rings. The van der Waals surface area contributed by atoms with E-state index in [4.69, 9.17) is 5.11 Å². The number of thioether (sulfide) groups is 1. The average molecular weight is 288 g/mol. The van der Waals surface area contributed by atoms with Crippen molar-refractivity contribution in [3.63, 3.8) is 0 Å². The average Bonchev–Trinajstić information content (AvgIpc) is 2.70. The molecular weight excluding hydrogens is 260 g/mol. The summed E-state index contributed by atoms with van der Waals surface area (Å²) in [6.45, 7) is 5.11. The monoisotopic (exact) mass is 288 g/mol. The Hall–Kier alpha value is -0.260. The second-order valence-electron chi connectivity index (χ2n) is 5.11. The molecule has 1 aliphatic heterocycles. The molecule has 1 atom stereocenters. The van der Waals surface area contributed by atoms with Crippen molar-refractivity contribution >= 4 is 17.7 Å². The predicted octanol–water partition coefficient (Wildman–Crippen LogP) is 1.48. The first-order valence-electron chi connectivity index (χ1n) is 7.46. The fourth-order valence-electron chi connectivity index (χ4n) is 2.31. The molecule has 1 rings (SSSR count). The van der Waals surface area contributed by atoms with E-state index < -0.39 is 0 Å². The summed E-state index contributed by atoms with van der Waals surface area (Å²) < 4.78 is 0. The van der Waals surface area contributed by atoms with Crippen LogP contribution in [0.1, 0.15) is 39.0 Å². The van der Waals surface area contributed by atoms with Gasteiger partial charge >= 0.3 is 0 Å². The lowest BCUT2D eigenvalue weighted by molar-refractivity contribution is -0.125. The topological polar surface area (TPSA) is 52.6 Å². The molecule has 0 bridgehead atoms. The molecule has 112 valence electrons. The van der Waals surface area contributed by atoms with E-state index in [1.165, 1.54) is 25.7 Å². The fraction of sp³-hybridized carbons (Fsp3) is 0.929. The Bertz CT molecular complexity index is 244. The minimum absolute atomic E-state index is 0.000502. The maximum Gasteiger partial charge on any atom is 0.237 e. The highest BCUT2D eigenvalue weighted by atomic mass is 32.2. The first-order valence-corrected chi connectivity index (χ1v) is 8.61. The van der Waals surface area contributed by atoms with Gasteiger partial charge in [-0.05, 0) is 45.0 Å². The Morgan fingerprint density at radius 3 is 2.58 bits per heavy atom. The van der Waals surface area contributed by atoms with Gasteiger partial charge in [-0.25, -0.2) is 0 Å². The Morgan fingerprint density at radius 2 is 1.95 bits per heavy atom. The van der Waals surface area contributed by atoms with Crippen LogP contribution in [-0.2, 0) is 4.79 Å². The van der Waals surface area contributed by atoms with Crippen molar-refractivity contribution in [3.05, 3.63) is 0 Å². The van der Waals surface area contributed by atoms with Gasteiger partial charge in [-0.2, -0.15) is 11.8 Å². The van der Waals surface area contributed by atoms with Gasteiger partial charge in [0.2, 0.25) is 5.91 Å². The third-order valence-electron chi connectivity index (χ3n) is 3.56. The maximum absolute atomic E-state index is 12.0. The lowest BCUT2D eigenvalue weighted by Gasteiger charge is -2.26. The lowest BCUT2D eigenvalue weighted by Crippen LogP contribution is -2.46. The minimum Gasteiger partial charge on any atom is -0.396 e. The number of likely N-dealkylation sites (tertiary alicyclic amines) is 1. The molecule has 1 amide bonds. The fourth-order valence-corrected chi connectivity index (χ4v) is 3.09. The number of nitrogens with zero attached hydrogens (tertiary/aromatic N) is 1. The molecule has 0 aromatic heterocycles. The molecular formula is C14H28N2O2S. The highest BCUT2D eigenvalue weighted by Gasteiger charge is 2.21. The van der Waals surface area contributed by atoms with Gasteiger partial charge in [0, 0.05) is 18.9 Å². The summed E-state index contributed by atoms with van der Waals surface area (Å²) in [5.41, 5.74) is 0. The summed E-state index contributed by atoms with van der Waals surface area (Å²) in [5, 5.41) is 11.7. The van der Waals surface area contributed by atoms with Gasteiger partial charge in [-0.1, -0.05) is 12.8 Å². The van der Waals surface area contributed by atoms with Crippen molar-refractivity contribution in [1.29, 1.82) is 0 Å². The van der Waals surface area contributed by atoms with Gasteiger partial charge in [0.25, 0.3) is 0 Å². The first kappa shape index (κ1) is 16.8. The van der Waals surface area contributed by atoms with Crippen molar-refractivity contribution in [3.8, 4) is 0 Å². The second kappa shape index (κ2) is 10.5. The van der Waals surface area contributed by atoms with Crippen LogP contribution in [0.15, 0.2) is 0 Å². The molecule has 2 N–H and O–H groups in total. The van der Waals surface area contributed by atoms with E-state index in [-0.39, 0.29) is 18.6 Å². The molecule has 1 saturated heterocycles. The van der Waals surface area contributed by atoms with Crippen molar-refractivity contribution < 1.29 is 9.90 Å². The zero-order valence-corrected chi connectivity index (χ0v) is 12.9. The molecule has 0 radical (unpaired) electrons. The van der Waals surface area contributed by atoms with E-state index >= 15 is 0 Å². The molecule has 1 fully saturated rings. The normalized spacial score (nSPS) is 18.8. The molecule has 5 heteroatoms. The van der Waals surface area contributed by atoms with E-state index in [1.807, 2.05) is 6.92 Å². The SMILES string of the molecule is CC(C(=O)NCCSCCCO)N1CCCCCC1. The van der Waals surface area contributed by atoms with Crippen molar-refractivity contribution in [2.45, 2.75) is 45.1 Å². The summed E-state index contributed by atoms with van der Waals surface area (Å²) in [4.78, 5) is 14.3. The quantitative estimate of drug-likeness (QED) is 0.664. The Balaban J connectivity index is 2.13. The highest BCUT2D eigenvalue weighted by molar-refractivity contribution is 7.99. The van der Waals surface area contributed by atoms with Crippen LogP contribution in [0.25, 0.3) is 0 Å². The number of aliphatic hydroxyl groups excluding tert-OH is 1. The minimum atomic E-state index is 0.000502. The summed E-state index contributed by atoms with van der Waals surface area (Å²) >= 11 is 1.78. The first-order chi connectivity index (χ1) is 9.25. The number of carbonyl (C=O) groups is 1. The number of amides is 1. The molecule has 4 nitrogen and oxygen atoms in total. The van der Waals surface area contributed by atoms with Crippen LogP contribution in [0, 0.1) is 0 Å². The van der Waals surface area contributed by atoms with Crippen LogP contribution in [0.2, 0.25) is 0 Å². The molecule has 19 heavy (non-hydrogen) atoms. The molecule has 0 saturated carbocycles. The van der Waals surface area contributed by atoms with Crippen LogP contribution in [0.4, 0.5) is 0 Å². The van der Waals surface area contributed by atoms with E-state index in [9.17, 15) is 4.79 Å². The Labute approximate surface area is 121 Å². The van der Waals surface area contributed by atoms with Crippen LogP contribution in [-0.4, -0.2) is 59.7 Å². The third-order valence-corrected chi connectivity index (χ3v) is 4.63. The largest absolute Gasteiger partial charge is 0.396 e. The standard InChI is InChI=1S/C14H28N2O2S/c1-13(16-8-4-2-3-5-9-16)14(18)15-7-12-19-11-6-10-17/h13,17H,2-12H2,1H3,(H,15,18). The van der Waals surface area contributed by atoms with E-state index in [0.29, 0.717) is 0 Å². The lowest BCUT2D eigenvalue weighted by atomic mass is 10.2. The van der Waals surface area contributed by atoms with Gasteiger partial charge in [-0.15, -0.1) is 0 Å². The summed E-state index contributed by atoms with van der Waals surface area (Å²) in [6, 6.07) is 0.000502. The Morgan fingerprint density at radius 1 is 1.26 bits per heavy atom. The zero-order chi connectivity index (χ0) is 13.9. The van der Waals surface area contributed by atoms with Gasteiger partial charge in [0.15, 0.2) is 0 Å². The van der Waals surface area contributed by atoms with Crippen LogP contribution in [0.5, 0.6) is 0 Å². The van der Waals surface area contributed by atoms with Crippen LogP contribution in [0.3, 0.4) is 0 Å². The number of aliphatic hydroxyl groups is 1. The van der Waals surface area contributed by atoms with Gasteiger partial charge in [0.05, 0.1) is 6.04 Å². The van der Waals surface area contributed by atoms with E-state index in [2.05, 4.69) is 10.2 Å². The molecule has 0 aromatic rings. The summed E-state index contributed by atoms with van der Waals surface area (Å²) in [5.74, 6) is 2.05. The molecule has 0 spiro atoms. The van der Waals surface area contributed by atoms with Crippen LogP contribution < -0.4 is 5.32 Å². The number of nitrogens with one attached hydrogen (secondary N) is 1. The zero-order valence-electron chi connectivity index (χ0n) is 12.1. The van der Waals surface area contributed by atoms with Crippen molar-refractivity contribution in [2.75, 3.05) is 37.7 Å². The number of hydrogen-bond donors (Lipinski definition) is 2. The van der Waals surface area contributed by atoms with Crippen LogP contribution >= 0.6 is 11.8 Å². The molecule has 1 heterocycles. The molecule has 0 aliphatic carbocycles. The van der Waals surface area contributed by atoms with Crippen molar-refractivity contribution in [1.82, 2.24) is 10.2 Å². The maximum atomic E-state index is 12.0. The summed E-state index contributed by atoms with van der Waals surface area (Å²) in [6.07, 6.45) is 5.87. The molecule has 0 aromatic carbocycles. The number of carbonyl (C=O) groups excluding carboxylic acids is 1. The van der Waals surface area contributed by atoms with Gasteiger partial charge < -0.3 is 10.4 Å². The molecule has 1 unspecified atom stereocenters. The number of hydrogen-bond acceptors (Lipinski definition) is 4. The third kappa shape index (κ3) is 7.18. The van der Waals surface area contributed by atoms with Crippen molar-refractivity contribution in [2.24, 2.45) is 0 Å². The predicted molar refractivity (Wildman–Crippen MR) is 81.5 cm³/mol. The second-order valence-corrected chi connectivity index (χ2v) is 6.33. The number of rotatable bonds is 8. The van der Waals surface area contributed by atoms with E-state index in [0.717, 1.165) is 37.6 Å². The van der Waals surface area contributed by atoms with E-state index in [1.54, 1.807) is 11.8 Å². The van der Waals surface area contributed by atoms with Gasteiger partial charge in [0.1, 0.15) is 0 Å². The smallest absolute Gasteiger partial charge is 0.237 e. The van der Waals surface area contributed by atoms with Gasteiger partial charge in [-0.3, -0.25) is 9.69 Å².